The van der Waals surface area contributed by atoms with Gasteiger partial charge >= 0.3 is 35.5 Å². The first-order valence-corrected chi connectivity index (χ1v) is 24.5. The van der Waals surface area contributed by atoms with E-state index >= 15 is 35.1 Å². The summed E-state index contributed by atoms with van der Waals surface area (Å²) < 4.78 is 177. The predicted octanol–water partition coefficient (Wildman–Crippen LogP) is 14.7. The zero-order valence-corrected chi connectivity index (χ0v) is 40.4. The lowest BCUT2D eigenvalue weighted by Gasteiger charge is -2.47. The molecule has 74 heavy (non-hydrogen) atoms. The molecule has 2 saturated carbocycles. The number of halogens is 12. The molecule has 4 aliphatic carbocycles. The molecule has 4 heterocycles. The summed E-state index contributed by atoms with van der Waals surface area (Å²) in [5.74, 6) is -32.6. The molecule has 0 spiro atoms. The Labute approximate surface area is 422 Å². The van der Waals surface area contributed by atoms with Gasteiger partial charge in [-0.1, -0.05) is 0 Å². The molecular weight excluding hydrogens is 1090 g/mol. The van der Waals surface area contributed by atoms with Gasteiger partial charge in [-0.3, -0.25) is 40.5 Å². The van der Waals surface area contributed by atoms with Gasteiger partial charge in [0.2, 0.25) is 0 Å². The first-order chi connectivity index (χ1) is 34.0. The maximum Gasteiger partial charge on any atom is 0.380 e. The van der Waals surface area contributed by atoms with Crippen LogP contribution in [0.25, 0.3) is 22.3 Å². The van der Waals surface area contributed by atoms with Gasteiger partial charge in [0.05, 0.1) is 38.7 Å². The van der Waals surface area contributed by atoms with Crippen LogP contribution in [-0.4, -0.2) is 74.2 Å². The molecule has 4 atom stereocenters. The summed E-state index contributed by atoms with van der Waals surface area (Å²) in [5, 5.41) is 45.3. The number of alkyl halides is 12. The quantitative estimate of drug-likeness (QED) is 0.108. The van der Waals surface area contributed by atoms with Crippen molar-refractivity contribution in [2.75, 3.05) is 0 Å². The van der Waals surface area contributed by atoms with E-state index < -0.39 is 119 Å². The lowest BCUT2D eigenvalue weighted by Crippen LogP contribution is -2.47. The molecule has 384 valence electrons. The highest BCUT2D eigenvalue weighted by molar-refractivity contribution is 8.06. The molecular formula is C46H24F12N4O8S4. The van der Waals surface area contributed by atoms with Crippen molar-refractivity contribution in [1.82, 2.24) is 0 Å². The lowest BCUT2D eigenvalue weighted by molar-refractivity contribution is -0.385. The van der Waals surface area contributed by atoms with Crippen molar-refractivity contribution in [3.63, 3.8) is 0 Å². The first kappa shape index (κ1) is 50.2. The maximum absolute atomic E-state index is 15.5. The van der Waals surface area contributed by atoms with Crippen molar-refractivity contribution in [3.8, 4) is 0 Å². The van der Waals surface area contributed by atoms with Crippen LogP contribution in [0.5, 0.6) is 0 Å². The van der Waals surface area contributed by atoms with Gasteiger partial charge in [-0.25, -0.2) is 0 Å². The molecule has 4 aromatic rings. The molecule has 4 aromatic carbocycles. The highest BCUT2D eigenvalue weighted by Crippen LogP contribution is 2.80. The van der Waals surface area contributed by atoms with E-state index in [1.807, 2.05) is 0 Å². The molecule has 28 heteroatoms. The van der Waals surface area contributed by atoms with Crippen molar-refractivity contribution >= 4 is 92.1 Å². The number of benzene rings is 4. The van der Waals surface area contributed by atoms with Gasteiger partial charge in [-0.15, -0.1) is 47.0 Å². The Bertz CT molecular complexity index is 3150. The third kappa shape index (κ3) is 5.56. The monoisotopic (exact) mass is 1120 g/mol. The summed E-state index contributed by atoms with van der Waals surface area (Å²) >= 11 is 3.54. The Morgan fingerprint density at radius 1 is 0.324 bits per heavy atom. The second kappa shape index (κ2) is 14.5. The van der Waals surface area contributed by atoms with Crippen molar-refractivity contribution in [1.29, 1.82) is 0 Å². The lowest BCUT2D eigenvalue weighted by atomic mass is 9.68. The fourth-order valence-electron chi connectivity index (χ4n) is 11.4. The van der Waals surface area contributed by atoms with Crippen LogP contribution in [-0.2, 0) is 0 Å². The topological polar surface area (TPSA) is 173 Å². The van der Waals surface area contributed by atoms with Gasteiger partial charge in [0, 0.05) is 90.4 Å². The molecule has 12 rings (SSSR count). The number of hydrogen-bond donors (Lipinski definition) is 0. The normalized spacial score (nSPS) is 29.4. The maximum atomic E-state index is 15.5. The highest BCUT2D eigenvalue weighted by Gasteiger charge is 2.86. The minimum Gasteiger partial charge on any atom is -0.258 e. The molecule has 0 unspecified atom stereocenters. The summed E-state index contributed by atoms with van der Waals surface area (Å²) in [7, 11) is 0. The van der Waals surface area contributed by atoms with Crippen LogP contribution in [0, 0.1) is 40.5 Å². The number of allylic oxidation sites excluding steroid dienone is 4. The summed E-state index contributed by atoms with van der Waals surface area (Å²) in [6, 6.07) is 12.9. The number of rotatable bonds is 4. The Morgan fingerprint density at radius 3 is 0.662 bits per heavy atom. The number of non-ortho nitro benzene ring substituents is 4. The number of thioether (sulfide) groups is 4. The van der Waals surface area contributed by atoms with E-state index in [1.54, 1.807) is 0 Å². The SMILES string of the molecule is C[C@@]12Sc3cc([N+](=O)[O-])ccc3C1=C1C(=C3c4ccc([N+](=O)[O-])cc4S[C@]32C)C(F)(F)C(F)(F)C1(F)F.C[C@@]12Sc3cc([N+](=O)[O-])ccc3C1=C1C(=C3c4ccc([N+](=O)[O-])cc4S[C@]32C)C(F)(F)C(F)(F)C1(F)F. The van der Waals surface area contributed by atoms with Crippen molar-refractivity contribution in [2.24, 2.45) is 0 Å². The molecule has 0 N–H and O–H groups in total. The summed E-state index contributed by atoms with van der Waals surface area (Å²) in [6.45, 7) is 5.78. The van der Waals surface area contributed by atoms with Crippen LogP contribution in [0.4, 0.5) is 75.4 Å². The van der Waals surface area contributed by atoms with Crippen LogP contribution < -0.4 is 0 Å². The van der Waals surface area contributed by atoms with Gasteiger partial charge in [-0.2, -0.15) is 52.7 Å². The van der Waals surface area contributed by atoms with E-state index in [4.69, 9.17) is 0 Å². The molecule has 0 saturated heterocycles. The molecule has 0 bridgehead atoms. The molecule has 4 aliphatic heterocycles. The third-order valence-corrected chi connectivity index (χ3v) is 21.7. The standard InChI is InChI=1S/2C23H12F6N2O4S2/c2*1-19-15(11-5-3-9(30(32)33)7-13(11)36-19)17-18(22(26,27)23(28,29)21(17,24)25)16-12-6-4-10(31(34)35)8-14(12)37-20(16,19)2/h2*3-8H,1-2H3/t2*19-,20-/m11/s1. The Balaban J connectivity index is 0.000000159. The van der Waals surface area contributed by atoms with Gasteiger partial charge in [0.15, 0.2) is 0 Å². The van der Waals surface area contributed by atoms with Gasteiger partial charge in [-0.05, 0) is 96.5 Å². The van der Waals surface area contributed by atoms with Gasteiger partial charge < -0.3 is 0 Å². The minimum atomic E-state index is -5.76. The van der Waals surface area contributed by atoms with Crippen LogP contribution in [0.15, 0.2) is 115 Å². The predicted molar refractivity (Wildman–Crippen MR) is 247 cm³/mol. The second-order valence-electron chi connectivity index (χ2n) is 18.7. The van der Waals surface area contributed by atoms with Crippen LogP contribution >= 0.6 is 47.0 Å². The van der Waals surface area contributed by atoms with Crippen LogP contribution in [0.3, 0.4) is 0 Å². The number of hydrogen-bond acceptors (Lipinski definition) is 12. The smallest absolute Gasteiger partial charge is 0.258 e. The van der Waals surface area contributed by atoms with Crippen LogP contribution in [0.1, 0.15) is 49.9 Å². The average molecular weight is 1120 g/mol. The van der Waals surface area contributed by atoms with Gasteiger partial charge in [0.25, 0.3) is 22.7 Å². The Morgan fingerprint density at radius 2 is 0.500 bits per heavy atom. The molecule has 0 radical (unpaired) electrons. The average Bonchev–Trinajstić information content (AvgIpc) is 4.03. The molecule has 0 amide bonds. The summed E-state index contributed by atoms with van der Waals surface area (Å²) in [6.07, 6.45) is 0. The highest BCUT2D eigenvalue weighted by atomic mass is 32.2. The Kier molecular flexibility index (Phi) is 9.81. The molecule has 8 aliphatic rings. The third-order valence-electron chi connectivity index (χ3n) is 15.1. The van der Waals surface area contributed by atoms with Crippen molar-refractivity contribution < 1.29 is 72.4 Å². The molecule has 12 nitrogen and oxygen atoms in total. The number of nitrogens with zero attached hydrogens (tertiary/aromatic N) is 4. The van der Waals surface area contributed by atoms with Crippen molar-refractivity contribution in [3.05, 3.63) is 158 Å². The fraction of sp³-hybridized carbons (Fsp3) is 0.304. The second-order valence-corrected chi connectivity index (χ2v) is 24.6. The number of fused-ring (bicyclic) bond motifs is 16. The Hall–Kier alpha value is -6.00. The first-order valence-electron chi connectivity index (χ1n) is 21.2. The fourth-order valence-corrected chi connectivity index (χ4v) is 17.9. The van der Waals surface area contributed by atoms with Crippen molar-refractivity contribution in [2.45, 2.75) is 102 Å². The van der Waals surface area contributed by atoms with Gasteiger partial charge in [0.1, 0.15) is 0 Å². The summed E-state index contributed by atoms with van der Waals surface area (Å²) in [5.41, 5.74) is -9.57. The number of nitro groups is 4. The van der Waals surface area contributed by atoms with E-state index in [1.165, 1.54) is 27.7 Å². The van der Waals surface area contributed by atoms with E-state index in [-0.39, 0.29) is 64.6 Å². The largest absolute Gasteiger partial charge is 0.380 e. The van der Waals surface area contributed by atoms with Crippen LogP contribution in [0.2, 0.25) is 0 Å². The zero-order valence-electron chi connectivity index (χ0n) is 37.2. The summed E-state index contributed by atoms with van der Waals surface area (Å²) in [4.78, 5) is 42.9. The van der Waals surface area contributed by atoms with E-state index in [9.17, 15) is 58.0 Å². The molecule has 0 aromatic heterocycles. The minimum absolute atomic E-state index is 0.0680. The van der Waals surface area contributed by atoms with E-state index in [2.05, 4.69) is 0 Å². The zero-order chi connectivity index (χ0) is 54.2. The molecule has 2 fully saturated rings. The van der Waals surface area contributed by atoms with E-state index in [0.29, 0.717) is 0 Å². The number of nitro benzene ring substituents is 4. The van der Waals surface area contributed by atoms with E-state index in [0.717, 1.165) is 120 Å².